The van der Waals surface area contributed by atoms with E-state index >= 15 is 0 Å². The first-order chi connectivity index (χ1) is 11.2. The minimum absolute atomic E-state index is 0.0648. The number of hydrazine groups is 1. The van der Waals surface area contributed by atoms with Crippen molar-refractivity contribution in [2.75, 3.05) is 5.75 Å². The number of amides is 2. The first-order valence-electron chi connectivity index (χ1n) is 6.71. The number of pyridine rings is 1. The summed E-state index contributed by atoms with van der Waals surface area (Å²) in [4.78, 5) is 31.6. The van der Waals surface area contributed by atoms with Crippen molar-refractivity contribution in [3.8, 4) is 0 Å². The maximum absolute atomic E-state index is 11.7. The van der Waals surface area contributed by atoms with Gasteiger partial charge in [-0.1, -0.05) is 30.0 Å². The number of nitrogens with zero attached hydrogens (tertiary/aromatic N) is 2. The fourth-order valence-corrected chi connectivity index (χ4v) is 2.40. The summed E-state index contributed by atoms with van der Waals surface area (Å²) < 4.78 is 5.49. The highest BCUT2D eigenvalue weighted by Gasteiger charge is 2.11. The SMILES string of the molecule is O=C(CSc1nc2ccccc2o1)NNC(=O)c1ccccn1. The predicted octanol–water partition coefficient (Wildman–Crippen LogP) is 1.78. The molecule has 0 fully saturated rings. The molecule has 2 N–H and O–H groups in total. The molecule has 2 heterocycles. The van der Waals surface area contributed by atoms with Crippen LogP contribution in [-0.2, 0) is 4.79 Å². The second-order valence-electron chi connectivity index (χ2n) is 4.45. The van der Waals surface area contributed by atoms with Crippen LogP contribution in [-0.4, -0.2) is 27.5 Å². The number of benzene rings is 1. The lowest BCUT2D eigenvalue weighted by Crippen LogP contribution is -2.42. The summed E-state index contributed by atoms with van der Waals surface area (Å²) in [5.74, 6) is -0.790. The molecule has 2 aromatic heterocycles. The van der Waals surface area contributed by atoms with Crippen molar-refractivity contribution in [1.29, 1.82) is 0 Å². The Balaban J connectivity index is 1.49. The van der Waals surface area contributed by atoms with Gasteiger partial charge in [-0.05, 0) is 24.3 Å². The van der Waals surface area contributed by atoms with Crippen LogP contribution in [0.5, 0.6) is 0 Å². The van der Waals surface area contributed by atoms with Gasteiger partial charge in [-0.25, -0.2) is 4.98 Å². The number of oxazole rings is 1. The minimum atomic E-state index is -0.481. The number of hydrogen-bond acceptors (Lipinski definition) is 6. The summed E-state index contributed by atoms with van der Waals surface area (Å²) in [7, 11) is 0. The Hall–Kier alpha value is -2.87. The van der Waals surface area contributed by atoms with Crippen molar-refractivity contribution in [3.05, 3.63) is 54.4 Å². The Labute approximate surface area is 135 Å². The van der Waals surface area contributed by atoms with Crippen molar-refractivity contribution >= 4 is 34.7 Å². The third-order valence-electron chi connectivity index (χ3n) is 2.81. The average molecular weight is 328 g/mol. The number of carbonyl (C=O) groups is 2. The molecule has 1 aromatic carbocycles. The van der Waals surface area contributed by atoms with Crippen LogP contribution in [0.25, 0.3) is 11.1 Å². The molecule has 116 valence electrons. The summed E-state index contributed by atoms with van der Waals surface area (Å²) in [6.45, 7) is 0. The van der Waals surface area contributed by atoms with Gasteiger partial charge in [0, 0.05) is 6.20 Å². The van der Waals surface area contributed by atoms with Gasteiger partial charge in [0.1, 0.15) is 11.2 Å². The zero-order chi connectivity index (χ0) is 16.1. The van der Waals surface area contributed by atoms with E-state index in [1.165, 1.54) is 6.20 Å². The molecule has 0 unspecified atom stereocenters. The van der Waals surface area contributed by atoms with Crippen molar-refractivity contribution in [1.82, 2.24) is 20.8 Å². The van der Waals surface area contributed by atoms with Crippen LogP contribution in [0.3, 0.4) is 0 Å². The summed E-state index contributed by atoms with van der Waals surface area (Å²) >= 11 is 1.15. The Morgan fingerprint density at radius 2 is 1.91 bits per heavy atom. The maximum Gasteiger partial charge on any atom is 0.288 e. The fraction of sp³-hybridized carbons (Fsp3) is 0.0667. The van der Waals surface area contributed by atoms with Crippen LogP contribution in [0.1, 0.15) is 10.5 Å². The van der Waals surface area contributed by atoms with E-state index in [0.29, 0.717) is 10.8 Å². The summed E-state index contributed by atoms with van der Waals surface area (Å²) in [6.07, 6.45) is 1.50. The molecule has 23 heavy (non-hydrogen) atoms. The zero-order valence-electron chi connectivity index (χ0n) is 11.9. The van der Waals surface area contributed by atoms with E-state index in [1.807, 2.05) is 18.2 Å². The Kier molecular flexibility index (Phi) is 4.53. The van der Waals surface area contributed by atoms with E-state index < -0.39 is 5.91 Å². The molecule has 3 rings (SSSR count). The molecule has 0 aliphatic carbocycles. The third kappa shape index (κ3) is 3.86. The highest BCUT2D eigenvalue weighted by Crippen LogP contribution is 2.22. The van der Waals surface area contributed by atoms with Gasteiger partial charge in [0.2, 0.25) is 5.91 Å². The molecule has 7 nitrogen and oxygen atoms in total. The molecule has 2 amide bonds. The molecule has 3 aromatic rings. The molecule has 0 spiro atoms. The smallest absolute Gasteiger partial charge is 0.288 e. The van der Waals surface area contributed by atoms with Crippen molar-refractivity contribution in [2.45, 2.75) is 5.22 Å². The van der Waals surface area contributed by atoms with Gasteiger partial charge in [-0.15, -0.1) is 0 Å². The average Bonchev–Trinajstić information content (AvgIpc) is 3.01. The standard InChI is InChI=1S/C15H12N4O3S/c20-13(18-19-14(21)11-6-3-4-8-16-11)9-23-15-17-10-5-1-2-7-12(10)22-15/h1-8H,9H2,(H,18,20)(H,19,21). The van der Waals surface area contributed by atoms with E-state index in [4.69, 9.17) is 4.42 Å². The maximum atomic E-state index is 11.7. The molecule has 8 heteroatoms. The molecule has 0 saturated heterocycles. The van der Waals surface area contributed by atoms with Crippen LogP contribution in [0, 0.1) is 0 Å². The van der Waals surface area contributed by atoms with Gasteiger partial charge >= 0.3 is 0 Å². The zero-order valence-corrected chi connectivity index (χ0v) is 12.7. The molecule has 0 atom stereocenters. The highest BCUT2D eigenvalue weighted by molar-refractivity contribution is 7.99. The van der Waals surface area contributed by atoms with Crippen LogP contribution in [0.4, 0.5) is 0 Å². The Morgan fingerprint density at radius 1 is 1.09 bits per heavy atom. The van der Waals surface area contributed by atoms with Gasteiger partial charge in [-0.2, -0.15) is 0 Å². The summed E-state index contributed by atoms with van der Waals surface area (Å²) in [5.41, 5.74) is 6.23. The van der Waals surface area contributed by atoms with Crippen molar-refractivity contribution < 1.29 is 14.0 Å². The molecule has 0 radical (unpaired) electrons. The number of thioether (sulfide) groups is 1. The topological polar surface area (TPSA) is 97.1 Å². The van der Waals surface area contributed by atoms with Crippen LogP contribution in [0.2, 0.25) is 0 Å². The normalized spacial score (nSPS) is 10.4. The summed E-state index contributed by atoms with van der Waals surface area (Å²) in [5, 5.41) is 0.400. The number of fused-ring (bicyclic) bond motifs is 1. The lowest BCUT2D eigenvalue weighted by atomic mass is 10.3. The number of hydrogen-bond donors (Lipinski definition) is 2. The number of carbonyl (C=O) groups excluding carboxylic acids is 2. The first kappa shape index (κ1) is 15.0. The van der Waals surface area contributed by atoms with Crippen LogP contribution >= 0.6 is 11.8 Å². The summed E-state index contributed by atoms with van der Waals surface area (Å²) in [6, 6.07) is 12.3. The van der Waals surface area contributed by atoms with E-state index in [9.17, 15) is 9.59 Å². The second-order valence-corrected chi connectivity index (χ2v) is 5.38. The van der Waals surface area contributed by atoms with Crippen LogP contribution in [0.15, 0.2) is 58.3 Å². The molecule has 0 saturated carbocycles. The van der Waals surface area contributed by atoms with Crippen molar-refractivity contribution in [3.63, 3.8) is 0 Å². The third-order valence-corrected chi connectivity index (χ3v) is 3.64. The monoisotopic (exact) mass is 328 g/mol. The predicted molar refractivity (Wildman–Crippen MR) is 84.6 cm³/mol. The van der Waals surface area contributed by atoms with E-state index in [2.05, 4.69) is 20.8 Å². The molecule has 0 bridgehead atoms. The van der Waals surface area contributed by atoms with Gasteiger partial charge in [0.15, 0.2) is 5.58 Å². The first-order valence-corrected chi connectivity index (χ1v) is 7.69. The lowest BCUT2D eigenvalue weighted by molar-refractivity contribution is -0.119. The number of rotatable bonds is 4. The number of nitrogens with one attached hydrogen (secondary N) is 2. The number of aromatic nitrogens is 2. The largest absolute Gasteiger partial charge is 0.431 e. The van der Waals surface area contributed by atoms with Gasteiger partial charge in [-0.3, -0.25) is 25.4 Å². The van der Waals surface area contributed by atoms with E-state index in [0.717, 1.165) is 17.3 Å². The molecular formula is C15H12N4O3S. The lowest BCUT2D eigenvalue weighted by Gasteiger charge is -2.05. The highest BCUT2D eigenvalue weighted by atomic mass is 32.2. The van der Waals surface area contributed by atoms with Crippen LogP contribution < -0.4 is 10.9 Å². The minimum Gasteiger partial charge on any atom is -0.431 e. The Morgan fingerprint density at radius 3 is 2.70 bits per heavy atom. The van der Waals surface area contributed by atoms with E-state index in [-0.39, 0.29) is 17.4 Å². The molecule has 0 aliphatic rings. The van der Waals surface area contributed by atoms with E-state index in [1.54, 1.807) is 24.3 Å². The number of para-hydroxylation sites is 2. The molecule has 0 aliphatic heterocycles. The fourth-order valence-electron chi connectivity index (χ4n) is 1.76. The second kappa shape index (κ2) is 6.93. The Bertz CT molecular complexity index is 802. The van der Waals surface area contributed by atoms with Gasteiger partial charge < -0.3 is 4.42 Å². The molecular weight excluding hydrogens is 316 g/mol. The van der Waals surface area contributed by atoms with Crippen molar-refractivity contribution in [2.24, 2.45) is 0 Å². The van der Waals surface area contributed by atoms with Gasteiger partial charge in [0.25, 0.3) is 11.1 Å². The quantitative estimate of drug-likeness (QED) is 0.560. The van der Waals surface area contributed by atoms with Gasteiger partial charge in [0.05, 0.1) is 5.75 Å².